The summed E-state index contributed by atoms with van der Waals surface area (Å²) in [6.45, 7) is 3.46. The molecular weight excluding hydrogens is 575 g/mol. The monoisotopic (exact) mass is 609 g/mol. The van der Waals surface area contributed by atoms with Crippen molar-refractivity contribution in [3.8, 4) is 17.0 Å². The Bertz CT molecular complexity index is 1660. The average Bonchev–Trinajstić information content (AvgIpc) is 3.87. The molecule has 3 aliphatic rings. The number of benzene rings is 1. The van der Waals surface area contributed by atoms with Gasteiger partial charge in [-0.3, -0.25) is 14.4 Å². The van der Waals surface area contributed by atoms with Crippen molar-refractivity contribution in [1.82, 2.24) is 19.8 Å². The van der Waals surface area contributed by atoms with Gasteiger partial charge in [0.2, 0.25) is 5.88 Å². The van der Waals surface area contributed by atoms with Gasteiger partial charge in [-0.1, -0.05) is 6.07 Å². The van der Waals surface area contributed by atoms with Crippen LogP contribution in [0.2, 0.25) is 0 Å². The Hall–Kier alpha value is -4.19. The SMILES string of the molecule is CC(C)Oc1cc(-c2ccc(F)cc2C(=O)N2CC(F)(F)C2)cc(NC(=O)c2cc(CNCC3CC3)cn(C3CC3)c2=O)n1. The van der Waals surface area contributed by atoms with Crippen molar-refractivity contribution < 1.29 is 27.5 Å². The normalized spacial score (nSPS) is 17.4. The summed E-state index contributed by atoms with van der Waals surface area (Å²) >= 11 is 0. The fourth-order valence-corrected chi connectivity index (χ4v) is 5.27. The Balaban J connectivity index is 1.32. The molecule has 1 aromatic carbocycles. The van der Waals surface area contributed by atoms with Gasteiger partial charge in [0.05, 0.1) is 24.8 Å². The minimum Gasteiger partial charge on any atom is -0.475 e. The molecule has 3 aromatic rings. The van der Waals surface area contributed by atoms with Gasteiger partial charge >= 0.3 is 0 Å². The number of likely N-dealkylation sites (tertiary alicyclic amines) is 1. The lowest BCUT2D eigenvalue weighted by molar-refractivity contribution is -0.113. The molecular formula is C32H34F3N5O4. The van der Waals surface area contributed by atoms with Crippen LogP contribution in [0.5, 0.6) is 5.88 Å². The van der Waals surface area contributed by atoms with Crippen molar-refractivity contribution >= 4 is 17.6 Å². The van der Waals surface area contributed by atoms with E-state index in [1.54, 1.807) is 24.5 Å². The van der Waals surface area contributed by atoms with Gasteiger partial charge < -0.3 is 24.8 Å². The van der Waals surface area contributed by atoms with E-state index in [1.807, 2.05) is 6.20 Å². The number of carbonyl (C=O) groups is 2. The van der Waals surface area contributed by atoms with Gasteiger partial charge in [-0.2, -0.15) is 4.98 Å². The molecule has 2 saturated carbocycles. The fraction of sp³-hybridized carbons (Fsp3) is 0.438. The first-order valence-corrected chi connectivity index (χ1v) is 14.9. The first-order valence-electron chi connectivity index (χ1n) is 14.9. The molecule has 0 unspecified atom stereocenters. The lowest BCUT2D eigenvalue weighted by Gasteiger charge is -2.39. The van der Waals surface area contributed by atoms with Gasteiger partial charge in [0, 0.05) is 24.8 Å². The predicted molar refractivity (Wildman–Crippen MR) is 158 cm³/mol. The molecule has 12 heteroatoms. The van der Waals surface area contributed by atoms with Crippen molar-refractivity contribution in [3.63, 3.8) is 0 Å². The summed E-state index contributed by atoms with van der Waals surface area (Å²) < 4.78 is 48.7. The number of hydrogen-bond donors (Lipinski definition) is 2. The molecule has 0 atom stereocenters. The van der Waals surface area contributed by atoms with Crippen molar-refractivity contribution in [2.24, 2.45) is 5.92 Å². The Labute approximate surface area is 252 Å². The van der Waals surface area contributed by atoms with E-state index in [4.69, 9.17) is 4.74 Å². The molecule has 1 saturated heterocycles. The Morgan fingerprint density at radius 1 is 1.07 bits per heavy atom. The molecule has 9 nitrogen and oxygen atoms in total. The molecule has 0 bridgehead atoms. The highest BCUT2D eigenvalue weighted by atomic mass is 19.3. The van der Waals surface area contributed by atoms with E-state index < -0.39 is 42.2 Å². The maximum atomic E-state index is 14.3. The van der Waals surface area contributed by atoms with Gasteiger partial charge in [0.1, 0.15) is 17.2 Å². The highest BCUT2D eigenvalue weighted by Crippen LogP contribution is 2.35. The first kappa shape index (κ1) is 29.9. The zero-order valence-corrected chi connectivity index (χ0v) is 24.5. The number of nitrogens with one attached hydrogen (secondary N) is 2. The van der Waals surface area contributed by atoms with Gasteiger partial charge in [-0.05, 0) is 92.9 Å². The molecule has 3 heterocycles. The van der Waals surface area contributed by atoms with Crippen LogP contribution in [0.3, 0.4) is 0 Å². The van der Waals surface area contributed by atoms with Crippen LogP contribution in [-0.4, -0.2) is 57.9 Å². The Morgan fingerprint density at radius 2 is 1.82 bits per heavy atom. The molecule has 0 radical (unpaired) electrons. The molecule has 2 amide bonds. The van der Waals surface area contributed by atoms with Crippen LogP contribution in [0.15, 0.2) is 47.4 Å². The molecule has 1 aliphatic heterocycles. The number of hydrogen-bond acceptors (Lipinski definition) is 6. The summed E-state index contributed by atoms with van der Waals surface area (Å²) in [6.07, 6.45) is 5.66. The zero-order valence-electron chi connectivity index (χ0n) is 24.5. The molecule has 2 aromatic heterocycles. The summed E-state index contributed by atoms with van der Waals surface area (Å²) in [5, 5.41) is 6.11. The molecule has 232 valence electrons. The van der Waals surface area contributed by atoms with Gasteiger partial charge in [-0.15, -0.1) is 0 Å². The maximum absolute atomic E-state index is 14.3. The molecule has 2 aliphatic carbocycles. The van der Waals surface area contributed by atoms with Crippen LogP contribution in [0.25, 0.3) is 11.1 Å². The Kier molecular flexibility index (Phi) is 7.95. The van der Waals surface area contributed by atoms with E-state index in [0.29, 0.717) is 18.0 Å². The number of alkyl halides is 2. The number of ether oxygens (including phenoxy) is 1. The largest absolute Gasteiger partial charge is 0.475 e. The summed E-state index contributed by atoms with van der Waals surface area (Å²) in [5.41, 5.74) is 0.867. The number of aromatic nitrogens is 2. The van der Waals surface area contributed by atoms with E-state index in [1.165, 1.54) is 31.0 Å². The number of rotatable bonds is 11. The lowest BCUT2D eigenvalue weighted by atomic mass is 9.97. The second kappa shape index (κ2) is 11.7. The lowest BCUT2D eigenvalue weighted by Crippen LogP contribution is -2.58. The third kappa shape index (κ3) is 6.80. The number of carbonyl (C=O) groups excluding carboxylic acids is 2. The highest BCUT2D eigenvalue weighted by Gasteiger charge is 2.46. The van der Waals surface area contributed by atoms with Crippen molar-refractivity contribution in [1.29, 1.82) is 0 Å². The Morgan fingerprint density at radius 3 is 2.48 bits per heavy atom. The summed E-state index contributed by atoms with van der Waals surface area (Å²) in [7, 11) is 0. The summed E-state index contributed by atoms with van der Waals surface area (Å²) in [4.78, 5) is 45.4. The second-order valence-electron chi connectivity index (χ2n) is 12.2. The highest BCUT2D eigenvalue weighted by molar-refractivity contribution is 6.05. The molecule has 44 heavy (non-hydrogen) atoms. The van der Waals surface area contributed by atoms with E-state index in [9.17, 15) is 27.6 Å². The third-order valence-electron chi connectivity index (χ3n) is 7.80. The minimum absolute atomic E-state index is 0.0301. The van der Waals surface area contributed by atoms with Gasteiger partial charge in [-0.25, -0.2) is 13.2 Å². The molecule has 2 N–H and O–H groups in total. The molecule has 0 spiro atoms. The van der Waals surface area contributed by atoms with Crippen LogP contribution in [-0.2, 0) is 6.54 Å². The standard InChI is InChI=1S/C32H34F3N5O4/c1-18(2)44-28-11-21(24-8-5-22(33)12-25(24)30(42)39-16-32(34,35)17-39)10-27(37-28)38-29(41)26-9-20(14-36-13-19-3-4-19)15-40(31(26)43)23-6-7-23/h5,8-12,15,18-19,23,36H,3-4,6-7,13-14,16-17H2,1-2H3,(H,37,38,41). The van der Waals surface area contributed by atoms with E-state index >= 15 is 0 Å². The van der Waals surface area contributed by atoms with Crippen molar-refractivity contribution in [3.05, 3.63) is 75.5 Å². The summed E-state index contributed by atoms with van der Waals surface area (Å²) in [5.74, 6) is -4.27. The fourth-order valence-electron chi connectivity index (χ4n) is 5.27. The third-order valence-corrected chi connectivity index (χ3v) is 7.80. The van der Waals surface area contributed by atoms with Gasteiger partial charge in [0.25, 0.3) is 23.3 Å². The molecule has 6 rings (SSSR count). The number of anilines is 1. The second-order valence-corrected chi connectivity index (χ2v) is 12.2. The van der Waals surface area contributed by atoms with E-state index in [2.05, 4.69) is 15.6 Å². The topological polar surface area (TPSA) is 106 Å². The van der Waals surface area contributed by atoms with Crippen LogP contribution in [0.4, 0.5) is 19.0 Å². The number of pyridine rings is 2. The van der Waals surface area contributed by atoms with Crippen LogP contribution >= 0.6 is 0 Å². The van der Waals surface area contributed by atoms with E-state index in [-0.39, 0.29) is 40.5 Å². The summed E-state index contributed by atoms with van der Waals surface area (Å²) in [6, 6.07) is 8.17. The number of nitrogens with zero attached hydrogens (tertiary/aromatic N) is 3. The zero-order chi connectivity index (χ0) is 31.2. The van der Waals surface area contributed by atoms with Crippen LogP contribution in [0, 0.1) is 11.7 Å². The van der Waals surface area contributed by atoms with Crippen LogP contribution < -0.4 is 20.9 Å². The predicted octanol–water partition coefficient (Wildman–Crippen LogP) is 5.01. The van der Waals surface area contributed by atoms with Crippen molar-refractivity contribution in [2.45, 2.75) is 64.1 Å². The number of amides is 2. The van der Waals surface area contributed by atoms with Crippen LogP contribution in [0.1, 0.15) is 71.9 Å². The van der Waals surface area contributed by atoms with Crippen molar-refractivity contribution in [2.75, 3.05) is 25.0 Å². The van der Waals surface area contributed by atoms with Gasteiger partial charge in [0.15, 0.2) is 0 Å². The quantitative estimate of drug-likeness (QED) is 0.317. The van der Waals surface area contributed by atoms with E-state index in [0.717, 1.165) is 42.0 Å². The average molecular weight is 610 g/mol. The first-order chi connectivity index (χ1) is 21.0. The number of halogens is 3. The molecule has 3 fully saturated rings. The minimum atomic E-state index is -2.99. The maximum Gasteiger partial charge on any atom is 0.282 e. The smallest absolute Gasteiger partial charge is 0.282 e.